The zero-order chi connectivity index (χ0) is 14.5. The lowest BCUT2D eigenvalue weighted by Crippen LogP contribution is -2.16. The fourth-order valence-corrected chi connectivity index (χ4v) is 3.84. The van der Waals surface area contributed by atoms with Crippen LogP contribution >= 0.6 is 23.1 Å². The second-order valence-corrected chi connectivity index (χ2v) is 7.38. The lowest BCUT2D eigenvalue weighted by Gasteiger charge is -2.18. The monoisotopic (exact) mass is 321 g/mol. The molecule has 1 aliphatic rings. The Morgan fingerprint density at radius 1 is 1.14 bits per heavy atom. The number of ether oxygens (including phenoxy) is 2. The molecule has 0 saturated carbocycles. The van der Waals surface area contributed by atoms with Crippen LogP contribution in [0.25, 0.3) is 0 Å². The molecule has 5 heteroatoms. The Kier molecular flexibility index (Phi) is 5.06. The number of rotatable bonds is 6. The summed E-state index contributed by atoms with van der Waals surface area (Å²) in [6.45, 7) is 5.39. The van der Waals surface area contributed by atoms with E-state index in [1.54, 1.807) is 0 Å². The number of nitrogens with one attached hydrogen (secondary N) is 1. The molecule has 0 atom stereocenters. The van der Waals surface area contributed by atoms with Gasteiger partial charge in [0, 0.05) is 33.5 Å². The van der Waals surface area contributed by atoms with Gasteiger partial charge in [0.05, 0.1) is 0 Å². The predicted octanol–water partition coefficient (Wildman–Crippen LogP) is 3.71. The molecule has 1 aromatic carbocycles. The number of thiophene rings is 1. The van der Waals surface area contributed by atoms with E-state index in [9.17, 15) is 0 Å². The summed E-state index contributed by atoms with van der Waals surface area (Å²) in [5.74, 6) is 2.77. The Hall–Kier alpha value is -1.17. The van der Waals surface area contributed by atoms with E-state index in [0.717, 1.165) is 30.3 Å². The molecule has 1 aromatic heterocycles. The summed E-state index contributed by atoms with van der Waals surface area (Å²) in [5.41, 5.74) is 0. The zero-order valence-electron chi connectivity index (χ0n) is 12.1. The molecule has 3 rings (SSSR count). The van der Waals surface area contributed by atoms with Crippen LogP contribution in [0.1, 0.15) is 9.75 Å². The topological polar surface area (TPSA) is 30.5 Å². The fraction of sp³-hybridized carbons (Fsp3) is 0.375. The van der Waals surface area contributed by atoms with Crippen LogP contribution in [0, 0.1) is 6.92 Å². The minimum atomic E-state index is 0.642. The van der Waals surface area contributed by atoms with Gasteiger partial charge in [0.1, 0.15) is 13.2 Å². The summed E-state index contributed by atoms with van der Waals surface area (Å²) in [5, 5.41) is 3.48. The first-order valence-electron chi connectivity index (χ1n) is 7.10. The van der Waals surface area contributed by atoms with Crippen molar-refractivity contribution >= 4 is 23.1 Å². The molecule has 0 bridgehead atoms. The molecule has 3 nitrogen and oxygen atoms in total. The van der Waals surface area contributed by atoms with Crippen molar-refractivity contribution in [3.63, 3.8) is 0 Å². The highest BCUT2D eigenvalue weighted by Crippen LogP contribution is 2.33. The molecule has 2 heterocycles. The average Bonchev–Trinajstić information content (AvgIpc) is 2.92. The summed E-state index contributed by atoms with van der Waals surface area (Å²) in [7, 11) is 0. The van der Waals surface area contributed by atoms with Crippen LogP contribution in [-0.4, -0.2) is 25.5 Å². The molecule has 2 aromatic rings. The molecular weight excluding hydrogens is 302 g/mol. The molecule has 0 spiro atoms. The van der Waals surface area contributed by atoms with Crippen LogP contribution < -0.4 is 14.8 Å². The van der Waals surface area contributed by atoms with E-state index >= 15 is 0 Å². The number of aryl methyl sites for hydroxylation is 1. The lowest BCUT2D eigenvalue weighted by atomic mass is 10.3. The van der Waals surface area contributed by atoms with Gasteiger partial charge in [-0.25, -0.2) is 0 Å². The van der Waals surface area contributed by atoms with Crippen LogP contribution in [0.4, 0.5) is 0 Å². The Morgan fingerprint density at radius 3 is 2.81 bits per heavy atom. The van der Waals surface area contributed by atoms with Gasteiger partial charge >= 0.3 is 0 Å². The van der Waals surface area contributed by atoms with Crippen molar-refractivity contribution in [2.75, 3.05) is 25.5 Å². The average molecular weight is 321 g/mol. The second-order valence-electron chi connectivity index (χ2n) is 4.84. The molecule has 112 valence electrons. The highest BCUT2D eigenvalue weighted by atomic mass is 32.2. The minimum Gasteiger partial charge on any atom is -0.486 e. The lowest BCUT2D eigenvalue weighted by molar-refractivity contribution is 0.171. The van der Waals surface area contributed by atoms with E-state index in [-0.39, 0.29) is 0 Å². The van der Waals surface area contributed by atoms with Crippen molar-refractivity contribution in [1.82, 2.24) is 5.32 Å². The summed E-state index contributed by atoms with van der Waals surface area (Å²) >= 11 is 3.70. The molecule has 0 fully saturated rings. The summed E-state index contributed by atoms with van der Waals surface area (Å²) in [6.07, 6.45) is 0. The van der Waals surface area contributed by atoms with E-state index in [1.165, 1.54) is 14.6 Å². The van der Waals surface area contributed by atoms with Crippen LogP contribution in [0.5, 0.6) is 11.5 Å². The Morgan fingerprint density at radius 2 is 2.00 bits per heavy atom. The Labute approximate surface area is 133 Å². The predicted molar refractivity (Wildman–Crippen MR) is 88.9 cm³/mol. The van der Waals surface area contributed by atoms with Crippen molar-refractivity contribution < 1.29 is 9.47 Å². The van der Waals surface area contributed by atoms with Crippen molar-refractivity contribution in [3.8, 4) is 11.5 Å². The molecule has 21 heavy (non-hydrogen) atoms. The van der Waals surface area contributed by atoms with Crippen molar-refractivity contribution in [3.05, 3.63) is 40.1 Å². The minimum absolute atomic E-state index is 0.642. The third-order valence-electron chi connectivity index (χ3n) is 3.16. The number of hydrogen-bond acceptors (Lipinski definition) is 5. The smallest absolute Gasteiger partial charge is 0.162 e. The van der Waals surface area contributed by atoms with Gasteiger partial charge in [0.2, 0.25) is 0 Å². The second kappa shape index (κ2) is 7.20. The molecular formula is C16H19NO2S2. The van der Waals surface area contributed by atoms with Crippen molar-refractivity contribution in [2.24, 2.45) is 0 Å². The third-order valence-corrected chi connectivity index (χ3v) is 5.15. The van der Waals surface area contributed by atoms with E-state index in [4.69, 9.17) is 9.47 Å². The quantitative estimate of drug-likeness (QED) is 0.649. The van der Waals surface area contributed by atoms with E-state index in [2.05, 4.69) is 36.5 Å². The third kappa shape index (κ3) is 4.15. The summed E-state index contributed by atoms with van der Waals surface area (Å²) < 4.78 is 11.1. The van der Waals surface area contributed by atoms with Gasteiger partial charge < -0.3 is 14.8 Å². The standard InChI is InChI=1S/C16H19NO2S2/c1-12-2-3-14(21-12)11-17-6-9-20-13-4-5-15-16(10-13)19-8-7-18-15/h2-5,10,17H,6-9,11H2,1H3. The number of thioether (sulfide) groups is 1. The maximum absolute atomic E-state index is 5.60. The fourth-order valence-electron chi connectivity index (χ4n) is 2.15. The summed E-state index contributed by atoms with van der Waals surface area (Å²) in [6, 6.07) is 10.5. The van der Waals surface area contributed by atoms with Crippen LogP contribution in [0.15, 0.2) is 35.2 Å². The first-order chi connectivity index (χ1) is 10.3. The van der Waals surface area contributed by atoms with E-state index in [0.29, 0.717) is 13.2 Å². The number of benzene rings is 1. The van der Waals surface area contributed by atoms with Crippen molar-refractivity contribution in [2.45, 2.75) is 18.4 Å². The van der Waals surface area contributed by atoms with Crippen LogP contribution in [0.2, 0.25) is 0 Å². The number of fused-ring (bicyclic) bond motifs is 1. The first-order valence-corrected chi connectivity index (χ1v) is 8.90. The molecule has 0 aliphatic carbocycles. The van der Waals surface area contributed by atoms with Gasteiger partial charge in [-0.3, -0.25) is 0 Å². The van der Waals surface area contributed by atoms with E-state index in [1.807, 2.05) is 29.2 Å². The van der Waals surface area contributed by atoms with Gasteiger partial charge in [-0.05, 0) is 37.3 Å². The van der Waals surface area contributed by atoms with Gasteiger partial charge in [-0.1, -0.05) is 0 Å². The van der Waals surface area contributed by atoms with E-state index < -0.39 is 0 Å². The Bertz CT molecular complexity index is 598. The maximum Gasteiger partial charge on any atom is 0.162 e. The molecule has 0 amide bonds. The van der Waals surface area contributed by atoms with Gasteiger partial charge in [-0.2, -0.15) is 0 Å². The van der Waals surface area contributed by atoms with Crippen LogP contribution in [0.3, 0.4) is 0 Å². The number of hydrogen-bond donors (Lipinski definition) is 1. The van der Waals surface area contributed by atoms with Gasteiger partial charge in [-0.15, -0.1) is 23.1 Å². The van der Waals surface area contributed by atoms with Gasteiger partial charge in [0.25, 0.3) is 0 Å². The summed E-state index contributed by atoms with van der Waals surface area (Å²) in [4.78, 5) is 4.00. The molecule has 0 saturated heterocycles. The zero-order valence-corrected chi connectivity index (χ0v) is 13.7. The van der Waals surface area contributed by atoms with Gasteiger partial charge in [0.15, 0.2) is 11.5 Å². The highest BCUT2D eigenvalue weighted by molar-refractivity contribution is 7.99. The highest BCUT2D eigenvalue weighted by Gasteiger charge is 2.11. The van der Waals surface area contributed by atoms with Crippen LogP contribution in [-0.2, 0) is 6.54 Å². The molecule has 1 aliphatic heterocycles. The molecule has 0 unspecified atom stereocenters. The van der Waals surface area contributed by atoms with Crippen molar-refractivity contribution in [1.29, 1.82) is 0 Å². The SMILES string of the molecule is Cc1ccc(CNCCSc2ccc3c(c2)OCCO3)s1. The largest absolute Gasteiger partial charge is 0.486 e. The normalized spacial score (nSPS) is 13.4. The Balaban J connectivity index is 1.41. The first kappa shape index (κ1) is 14.8. The molecule has 1 N–H and O–H groups in total. The maximum atomic E-state index is 5.60. The molecule has 0 radical (unpaired) electrons.